The van der Waals surface area contributed by atoms with Gasteiger partial charge in [0.15, 0.2) is 0 Å². The molecule has 38 heavy (non-hydrogen) atoms. The normalized spacial score (nSPS) is 20.3. The van der Waals surface area contributed by atoms with Gasteiger partial charge in [0.2, 0.25) is 11.9 Å². The summed E-state index contributed by atoms with van der Waals surface area (Å²) in [5, 5.41) is 3.28. The van der Waals surface area contributed by atoms with Crippen LogP contribution >= 0.6 is 0 Å². The van der Waals surface area contributed by atoms with E-state index in [0.29, 0.717) is 30.5 Å². The summed E-state index contributed by atoms with van der Waals surface area (Å²) in [6.45, 7) is 4.51. The largest absolute Gasteiger partial charge is 0.486 e. The molecule has 0 bridgehead atoms. The number of aromatic nitrogens is 2. The molecular weight excluding hydrogens is 482 g/mol. The van der Waals surface area contributed by atoms with Crippen molar-refractivity contribution in [2.24, 2.45) is 5.73 Å². The molecule has 2 aliphatic heterocycles. The lowest BCUT2D eigenvalue weighted by atomic mass is 10.1. The van der Waals surface area contributed by atoms with Gasteiger partial charge >= 0.3 is 0 Å². The number of carbonyl (C=O) groups is 1. The van der Waals surface area contributed by atoms with Crippen LogP contribution in [0.15, 0.2) is 54.7 Å². The van der Waals surface area contributed by atoms with Crippen molar-refractivity contribution in [1.29, 1.82) is 0 Å². The number of anilines is 4. The molecule has 3 aliphatic rings. The average Bonchev–Trinajstić information content (AvgIpc) is 3.53. The van der Waals surface area contributed by atoms with Crippen LogP contribution in [0.5, 0.6) is 5.75 Å². The number of nitrogens with one attached hydrogen (secondary N) is 1. The zero-order chi connectivity index (χ0) is 26.1. The van der Waals surface area contributed by atoms with Gasteiger partial charge in [-0.2, -0.15) is 0 Å². The van der Waals surface area contributed by atoms with E-state index in [0.717, 1.165) is 62.5 Å². The standard InChI is InChI=1S/C28H33N7O3/c29-23-17-19(1-6-25(23)38-22-8-12-35(18-22)26(36)28(30)9-10-28)24-7-11-31-27(33-24)32-20-2-4-21(5-3-20)34-13-15-37-16-14-34/h1-7,11,17,22H,8-10,12-16,18,29-30H2,(H,31,32,33). The van der Waals surface area contributed by atoms with Gasteiger partial charge in [-0.15, -0.1) is 0 Å². The first-order chi connectivity index (χ1) is 18.5. The van der Waals surface area contributed by atoms with E-state index in [1.807, 2.05) is 41.3 Å². The lowest BCUT2D eigenvalue weighted by Crippen LogP contribution is -2.45. The molecule has 1 unspecified atom stereocenters. The Morgan fingerprint density at radius 3 is 2.61 bits per heavy atom. The average molecular weight is 516 g/mol. The molecule has 10 heteroatoms. The lowest BCUT2D eigenvalue weighted by molar-refractivity contribution is -0.132. The smallest absolute Gasteiger partial charge is 0.242 e. The third-order valence-corrected chi connectivity index (χ3v) is 7.40. The van der Waals surface area contributed by atoms with E-state index in [9.17, 15) is 4.79 Å². The Labute approximate surface area is 221 Å². The zero-order valence-corrected chi connectivity index (χ0v) is 21.3. The number of morpholine rings is 1. The highest BCUT2D eigenvalue weighted by Gasteiger charge is 2.49. The number of hydrogen-bond donors (Lipinski definition) is 3. The van der Waals surface area contributed by atoms with Crippen molar-refractivity contribution in [1.82, 2.24) is 14.9 Å². The number of ether oxygens (including phenoxy) is 2. The second kappa shape index (κ2) is 10.1. The second-order valence-corrected chi connectivity index (χ2v) is 10.2. The van der Waals surface area contributed by atoms with Crippen LogP contribution in [-0.2, 0) is 9.53 Å². The van der Waals surface area contributed by atoms with Gasteiger partial charge in [-0.3, -0.25) is 4.79 Å². The van der Waals surface area contributed by atoms with E-state index in [-0.39, 0.29) is 12.0 Å². The van der Waals surface area contributed by atoms with Gasteiger partial charge in [0.05, 0.1) is 36.7 Å². The molecule has 10 nitrogen and oxygen atoms in total. The summed E-state index contributed by atoms with van der Waals surface area (Å²) < 4.78 is 11.6. The topological polar surface area (TPSA) is 132 Å². The summed E-state index contributed by atoms with van der Waals surface area (Å²) in [5.41, 5.74) is 16.0. The quantitative estimate of drug-likeness (QED) is 0.406. The Morgan fingerprint density at radius 2 is 1.87 bits per heavy atom. The Morgan fingerprint density at radius 1 is 1.08 bits per heavy atom. The van der Waals surface area contributed by atoms with Crippen LogP contribution in [0.1, 0.15) is 19.3 Å². The Balaban J connectivity index is 1.09. The van der Waals surface area contributed by atoms with Gasteiger partial charge < -0.3 is 36.1 Å². The van der Waals surface area contributed by atoms with Crippen molar-refractivity contribution in [3.63, 3.8) is 0 Å². The number of carbonyl (C=O) groups excluding carboxylic acids is 1. The van der Waals surface area contributed by atoms with Crippen LogP contribution in [0.3, 0.4) is 0 Å². The molecule has 1 amide bonds. The summed E-state index contributed by atoms with van der Waals surface area (Å²) >= 11 is 0. The van der Waals surface area contributed by atoms with E-state index in [1.165, 1.54) is 5.69 Å². The number of hydrogen-bond acceptors (Lipinski definition) is 9. The predicted molar refractivity (Wildman–Crippen MR) is 146 cm³/mol. The SMILES string of the molecule is Nc1cc(-c2ccnc(Nc3ccc(N4CCOCC4)cc3)n2)ccc1OC1CCN(C(=O)C2(N)CC2)C1. The number of rotatable bonds is 7. The first-order valence-electron chi connectivity index (χ1n) is 13.1. The minimum Gasteiger partial charge on any atom is -0.486 e. The van der Waals surface area contributed by atoms with E-state index < -0.39 is 5.54 Å². The third-order valence-electron chi connectivity index (χ3n) is 7.40. The molecule has 198 valence electrons. The first-order valence-corrected chi connectivity index (χ1v) is 13.1. The zero-order valence-electron chi connectivity index (χ0n) is 21.3. The Kier molecular flexibility index (Phi) is 6.50. The molecular formula is C28H33N7O3. The molecule has 2 aromatic carbocycles. The molecule has 3 heterocycles. The van der Waals surface area contributed by atoms with Crippen LogP contribution < -0.4 is 26.4 Å². The van der Waals surface area contributed by atoms with Crippen LogP contribution in [0.2, 0.25) is 0 Å². The number of likely N-dealkylation sites (tertiary alicyclic amines) is 1. The van der Waals surface area contributed by atoms with E-state index >= 15 is 0 Å². The Hall–Kier alpha value is -3.89. The van der Waals surface area contributed by atoms with Crippen LogP contribution in [0, 0.1) is 0 Å². The fourth-order valence-electron chi connectivity index (χ4n) is 4.95. The number of nitrogens with zero attached hydrogens (tertiary/aromatic N) is 4. The summed E-state index contributed by atoms with van der Waals surface area (Å²) in [6.07, 6.45) is 3.92. The van der Waals surface area contributed by atoms with Crippen molar-refractivity contribution in [3.05, 3.63) is 54.7 Å². The third kappa shape index (κ3) is 5.23. The molecule has 1 atom stereocenters. The van der Waals surface area contributed by atoms with Crippen molar-refractivity contribution in [3.8, 4) is 17.0 Å². The molecule has 5 N–H and O–H groups in total. The van der Waals surface area contributed by atoms with Crippen molar-refractivity contribution < 1.29 is 14.3 Å². The molecule has 1 saturated carbocycles. The van der Waals surface area contributed by atoms with Gasteiger partial charge in [-0.05, 0) is 61.4 Å². The van der Waals surface area contributed by atoms with E-state index in [4.69, 9.17) is 20.9 Å². The molecule has 1 aliphatic carbocycles. The van der Waals surface area contributed by atoms with E-state index in [1.54, 1.807) is 6.20 Å². The van der Waals surface area contributed by atoms with Gasteiger partial charge in [0, 0.05) is 49.2 Å². The lowest BCUT2D eigenvalue weighted by Gasteiger charge is -2.28. The fraction of sp³-hybridized carbons (Fsp3) is 0.393. The minimum atomic E-state index is -0.646. The highest BCUT2D eigenvalue weighted by molar-refractivity contribution is 5.89. The van der Waals surface area contributed by atoms with E-state index in [2.05, 4.69) is 32.3 Å². The van der Waals surface area contributed by atoms with Crippen molar-refractivity contribution in [2.45, 2.75) is 30.9 Å². The summed E-state index contributed by atoms with van der Waals surface area (Å²) in [7, 11) is 0. The highest BCUT2D eigenvalue weighted by Crippen LogP contribution is 2.36. The van der Waals surface area contributed by atoms with Crippen LogP contribution in [0.25, 0.3) is 11.3 Å². The maximum absolute atomic E-state index is 12.5. The van der Waals surface area contributed by atoms with Crippen molar-refractivity contribution in [2.75, 3.05) is 55.3 Å². The highest BCUT2D eigenvalue weighted by atomic mass is 16.5. The van der Waals surface area contributed by atoms with Gasteiger partial charge in [0.1, 0.15) is 11.9 Å². The summed E-state index contributed by atoms with van der Waals surface area (Å²) in [6, 6.07) is 15.7. The van der Waals surface area contributed by atoms with Gasteiger partial charge in [-0.25, -0.2) is 9.97 Å². The number of nitrogen functional groups attached to an aromatic ring is 1. The maximum atomic E-state index is 12.5. The monoisotopic (exact) mass is 515 g/mol. The predicted octanol–water partition coefficient (Wildman–Crippen LogP) is 2.78. The first kappa shape index (κ1) is 24.4. The maximum Gasteiger partial charge on any atom is 0.242 e. The number of benzene rings is 2. The summed E-state index contributed by atoms with van der Waals surface area (Å²) in [4.78, 5) is 25.7. The number of nitrogens with two attached hydrogens (primary N) is 2. The van der Waals surface area contributed by atoms with Crippen LogP contribution in [-0.4, -0.2) is 71.8 Å². The van der Waals surface area contributed by atoms with Crippen LogP contribution in [0.4, 0.5) is 23.0 Å². The molecule has 0 radical (unpaired) electrons. The number of amides is 1. The second-order valence-electron chi connectivity index (χ2n) is 10.2. The van der Waals surface area contributed by atoms with Crippen molar-refractivity contribution >= 4 is 28.9 Å². The molecule has 6 rings (SSSR count). The molecule has 0 spiro atoms. The van der Waals surface area contributed by atoms with Gasteiger partial charge in [0.25, 0.3) is 0 Å². The minimum absolute atomic E-state index is 0.0353. The molecule has 1 aromatic heterocycles. The fourth-order valence-corrected chi connectivity index (χ4v) is 4.95. The molecule has 2 saturated heterocycles. The summed E-state index contributed by atoms with van der Waals surface area (Å²) in [5.74, 6) is 1.15. The Bertz CT molecular complexity index is 1310. The molecule has 3 fully saturated rings. The molecule has 3 aromatic rings. The van der Waals surface area contributed by atoms with Gasteiger partial charge in [-0.1, -0.05) is 0 Å².